The third kappa shape index (κ3) is 2.33. The molecule has 3 heteroatoms. The van der Waals surface area contributed by atoms with Crippen LogP contribution in [-0.4, -0.2) is 14.1 Å². The molecule has 0 aliphatic carbocycles. The van der Waals surface area contributed by atoms with Crippen LogP contribution in [0.4, 0.5) is 17.1 Å². The van der Waals surface area contributed by atoms with Crippen LogP contribution in [0.5, 0.6) is 0 Å². The van der Waals surface area contributed by atoms with Gasteiger partial charge in [-0.25, -0.2) is 0 Å². The Kier molecular flexibility index (Phi) is 2.91. The molecule has 0 saturated carbocycles. The summed E-state index contributed by atoms with van der Waals surface area (Å²) in [6.45, 7) is 0. The van der Waals surface area contributed by atoms with Crippen LogP contribution in [0.3, 0.4) is 0 Å². The Labute approximate surface area is 102 Å². The van der Waals surface area contributed by atoms with Gasteiger partial charge in [-0.3, -0.25) is 0 Å². The van der Waals surface area contributed by atoms with Crippen molar-refractivity contribution in [2.45, 2.75) is 0 Å². The minimum absolute atomic E-state index is 0.747. The van der Waals surface area contributed by atoms with E-state index in [1.807, 2.05) is 50.5 Å². The van der Waals surface area contributed by atoms with Crippen molar-refractivity contribution in [2.75, 3.05) is 30.5 Å². The Morgan fingerprint density at radius 1 is 0.941 bits per heavy atom. The second kappa shape index (κ2) is 4.37. The van der Waals surface area contributed by atoms with Gasteiger partial charge in [0.05, 0.1) is 0 Å². The second-order valence-electron chi connectivity index (χ2n) is 4.29. The van der Waals surface area contributed by atoms with Crippen LogP contribution in [0.1, 0.15) is 0 Å². The number of hydrogen-bond donors (Lipinski definition) is 2. The molecule has 3 nitrogen and oxygen atoms in total. The lowest BCUT2D eigenvalue weighted by Crippen LogP contribution is -2.08. The molecule has 0 unspecified atom stereocenters. The molecule has 0 radical (unpaired) electrons. The summed E-state index contributed by atoms with van der Waals surface area (Å²) in [5.74, 6) is 0. The zero-order valence-electron chi connectivity index (χ0n) is 10.1. The molecule has 0 amide bonds. The summed E-state index contributed by atoms with van der Waals surface area (Å²) in [4.78, 5) is 2.05. The van der Waals surface area contributed by atoms with E-state index < -0.39 is 0 Å². The molecule has 0 bridgehead atoms. The first-order chi connectivity index (χ1) is 8.08. The fourth-order valence-electron chi connectivity index (χ4n) is 1.78. The van der Waals surface area contributed by atoms with Gasteiger partial charge in [-0.15, -0.1) is 0 Å². The van der Waals surface area contributed by atoms with Crippen molar-refractivity contribution in [3.05, 3.63) is 42.5 Å². The van der Waals surface area contributed by atoms with Gasteiger partial charge in [-0.2, -0.15) is 0 Å². The van der Waals surface area contributed by atoms with Crippen LogP contribution in [0.2, 0.25) is 0 Å². The minimum atomic E-state index is 0.747. The first-order valence-corrected chi connectivity index (χ1v) is 5.50. The third-order valence-electron chi connectivity index (χ3n) is 2.75. The maximum Gasteiger partial charge on any atom is 0.0395 e. The van der Waals surface area contributed by atoms with Crippen molar-refractivity contribution in [3.63, 3.8) is 0 Å². The van der Waals surface area contributed by atoms with E-state index in [4.69, 9.17) is 11.5 Å². The van der Waals surface area contributed by atoms with Gasteiger partial charge in [-0.05, 0) is 35.9 Å². The van der Waals surface area contributed by atoms with E-state index in [1.165, 1.54) is 0 Å². The highest BCUT2D eigenvalue weighted by molar-refractivity contribution is 5.81. The van der Waals surface area contributed by atoms with Gasteiger partial charge in [0, 0.05) is 36.7 Å². The minimum Gasteiger partial charge on any atom is -0.399 e. The average Bonchev–Trinajstić information content (AvgIpc) is 2.29. The molecule has 0 aromatic heterocycles. The predicted octanol–water partition coefficient (Wildman–Crippen LogP) is 2.58. The molecule has 0 aliphatic rings. The Morgan fingerprint density at radius 2 is 1.71 bits per heavy atom. The van der Waals surface area contributed by atoms with Crippen molar-refractivity contribution in [1.82, 2.24) is 0 Å². The van der Waals surface area contributed by atoms with Crippen LogP contribution in [-0.2, 0) is 0 Å². The summed E-state index contributed by atoms with van der Waals surface area (Å²) in [6.07, 6.45) is 0. The molecule has 0 heterocycles. The van der Waals surface area contributed by atoms with Crippen LogP contribution < -0.4 is 16.4 Å². The second-order valence-corrected chi connectivity index (χ2v) is 4.29. The van der Waals surface area contributed by atoms with Gasteiger partial charge in [0.15, 0.2) is 0 Å². The van der Waals surface area contributed by atoms with Crippen LogP contribution in [0.15, 0.2) is 42.5 Å². The zero-order valence-corrected chi connectivity index (χ0v) is 10.1. The molecule has 88 valence electrons. The van der Waals surface area contributed by atoms with Gasteiger partial charge in [0.1, 0.15) is 0 Å². The zero-order chi connectivity index (χ0) is 12.4. The Balaban J connectivity index is 2.54. The maximum atomic E-state index is 6.01. The molecular formula is C14H17N3. The Morgan fingerprint density at radius 3 is 2.35 bits per heavy atom. The third-order valence-corrected chi connectivity index (χ3v) is 2.75. The maximum absolute atomic E-state index is 6.01. The molecule has 0 aliphatic heterocycles. The number of rotatable bonds is 2. The molecular weight excluding hydrogens is 210 g/mol. The summed E-state index contributed by atoms with van der Waals surface area (Å²) < 4.78 is 0. The van der Waals surface area contributed by atoms with Crippen molar-refractivity contribution in [3.8, 4) is 11.1 Å². The molecule has 0 spiro atoms. The molecule has 0 saturated heterocycles. The molecule has 0 atom stereocenters. The highest BCUT2D eigenvalue weighted by Crippen LogP contribution is 2.30. The van der Waals surface area contributed by atoms with E-state index in [-0.39, 0.29) is 0 Å². The summed E-state index contributed by atoms with van der Waals surface area (Å²) in [6, 6.07) is 13.8. The smallest absolute Gasteiger partial charge is 0.0395 e. The molecule has 0 fully saturated rings. The SMILES string of the molecule is CN(C)c1ccc(N)c(-c2cccc(N)c2)c1. The molecule has 4 N–H and O–H groups in total. The first kappa shape index (κ1) is 11.3. The topological polar surface area (TPSA) is 55.3 Å². The standard InChI is InChI=1S/C14H17N3/c1-17(2)12-6-7-14(16)13(9-12)10-4-3-5-11(15)8-10/h3-9H,15-16H2,1-2H3. The van der Waals surface area contributed by atoms with Gasteiger partial charge in [0.25, 0.3) is 0 Å². The van der Waals surface area contributed by atoms with Gasteiger partial charge < -0.3 is 16.4 Å². The number of nitrogens with two attached hydrogens (primary N) is 2. The summed E-state index contributed by atoms with van der Waals surface area (Å²) in [5.41, 5.74) is 16.5. The van der Waals surface area contributed by atoms with E-state index in [0.29, 0.717) is 0 Å². The fraction of sp³-hybridized carbons (Fsp3) is 0.143. The number of nitrogens with zero attached hydrogens (tertiary/aromatic N) is 1. The lowest BCUT2D eigenvalue weighted by molar-refractivity contribution is 1.13. The van der Waals surface area contributed by atoms with E-state index in [9.17, 15) is 0 Å². The lowest BCUT2D eigenvalue weighted by atomic mass is 10.0. The average molecular weight is 227 g/mol. The normalized spacial score (nSPS) is 10.2. The number of hydrogen-bond acceptors (Lipinski definition) is 3. The molecule has 17 heavy (non-hydrogen) atoms. The highest BCUT2D eigenvalue weighted by atomic mass is 15.1. The van der Waals surface area contributed by atoms with Crippen LogP contribution in [0, 0.1) is 0 Å². The van der Waals surface area contributed by atoms with Crippen LogP contribution in [0.25, 0.3) is 11.1 Å². The van der Waals surface area contributed by atoms with Crippen LogP contribution >= 0.6 is 0 Å². The van der Waals surface area contributed by atoms with E-state index in [0.717, 1.165) is 28.2 Å². The van der Waals surface area contributed by atoms with E-state index in [2.05, 4.69) is 11.0 Å². The molecule has 2 aromatic carbocycles. The lowest BCUT2D eigenvalue weighted by Gasteiger charge is -2.15. The Hall–Kier alpha value is -2.16. The number of benzene rings is 2. The number of nitrogen functional groups attached to an aromatic ring is 2. The molecule has 2 rings (SSSR count). The van der Waals surface area contributed by atoms with Crippen molar-refractivity contribution < 1.29 is 0 Å². The predicted molar refractivity (Wildman–Crippen MR) is 75.0 cm³/mol. The fourth-order valence-corrected chi connectivity index (χ4v) is 1.78. The summed E-state index contributed by atoms with van der Waals surface area (Å²) in [5, 5.41) is 0. The van der Waals surface area contributed by atoms with Crippen molar-refractivity contribution in [2.24, 2.45) is 0 Å². The van der Waals surface area contributed by atoms with Crippen molar-refractivity contribution in [1.29, 1.82) is 0 Å². The van der Waals surface area contributed by atoms with E-state index in [1.54, 1.807) is 0 Å². The first-order valence-electron chi connectivity index (χ1n) is 5.50. The quantitative estimate of drug-likeness (QED) is 0.775. The largest absolute Gasteiger partial charge is 0.399 e. The van der Waals surface area contributed by atoms with E-state index >= 15 is 0 Å². The van der Waals surface area contributed by atoms with Crippen molar-refractivity contribution >= 4 is 17.1 Å². The number of anilines is 3. The highest BCUT2D eigenvalue weighted by Gasteiger charge is 2.05. The Bertz CT molecular complexity index is 533. The van der Waals surface area contributed by atoms with Gasteiger partial charge in [-0.1, -0.05) is 12.1 Å². The monoisotopic (exact) mass is 227 g/mol. The van der Waals surface area contributed by atoms with Gasteiger partial charge in [0.2, 0.25) is 0 Å². The molecule has 2 aromatic rings. The van der Waals surface area contributed by atoms with Gasteiger partial charge >= 0.3 is 0 Å². The summed E-state index contributed by atoms with van der Waals surface area (Å²) in [7, 11) is 4.02. The summed E-state index contributed by atoms with van der Waals surface area (Å²) >= 11 is 0.